The van der Waals surface area contributed by atoms with Gasteiger partial charge in [0.25, 0.3) is 0 Å². The second-order valence-corrected chi connectivity index (χ2v) is 2.97. The molecule has 0 saturated heterocycles. The van der Waals surface area contributed by atoms with Crippen molar-refractivity contribution in [3.05, 3.63) is 36.0 Å². The summed E-state index contributed by atoms with van der Waals surface area (Å²) in [6.07, 6.45) is 4.39. The molecule has 0 unspecified atom stereocenters. The van der Waals surface area contributed by atoms with Gasteiger partial charge < -0.3 is 5.32 Å². The average molecular weight is 187 g/mol. The quantitative estimate of drug-likeness (QED) is 0.581. The van der Waals surface area contributed by atoms with Crippen molar-refractivity contribution < 1.29 is 0 Å². The van der Waals surface area contributed by atoms with Crippen LogP contribution in [0, 0.1) is 18.3 Å². The topological polar surface area (TPSA) is 48.7 Å². The summed E-state index contributed by atoms with van der Waals surface area (Å²) >= 11 is 0. The van der Waals surface area contributed by atoms with E-state index < -0.39 is 0 Å². The normalized spacial score (nSPS) is 9.14. The minimum Gasteiger partial charge on any atom is -0.369 e. The maximum absolute atomic E-state index is 8.91. The number of anilines is 1. The van der Waals surface area contributed by atoms with Crippen LogP contribution in [0.3, 0.4) is 0 Å². The Balaban J connectivity index is 2.81. The number of nitrogens with zero attached hydrogens (tertiary/aromatic N) is 2. The van der Waals surface area contributed by atoms with Crippen LogP contribution in [0.4, 0.5) is 5.82 Å². The molecule has 3 nitrogen and oxygen atoms in total. The largest absolute Gasteiger partial charge is 0.369 e. The molecule has 3 heteroatoms. The molecule has 14 heavy (non-hydrogen) atoms. The summed E-state index contributed by atoms with van der Waals surface area (Å²) in [7, 11) is 0. The maximum Gasteiger partial charge on any atom is 0.144 e. The van der Waals surface area contributed by atoms with Gasteiger partial charge >= 0.3 is 0 Å². The van der Waals surface area contributed by atoms with Crippen molar-refractivity contribution in [2.75, 3.05) is 11.9 Å². The van der Waals surface area contributed by atoms with Gasteiger partial charge in [-0.2, -0.15) is 5.26 Å². The minimum atomic E-state index is 0.622. The predicted molar refractivity (Wildman–Crippen MR) is 57.0 cm³/mol. The lowest BCUT2D eigenvalue weighted by molar-refractivity contribution is 1.04. The van der Waals surface area contributed by atoms with Gasteiger partial charge in [0.2, 0.25) is 0 Å². The van der Waals surface area contributed by atoms with Gasteiger partial charge in [-0.25, -0.2) is 4.98 Å². The number of pyridine rings is 1. The van der Waals surface area contributed by atoms with E-state index in [0.29, 0.717) is 11.4 Å². The Bertz CT molecular complexity index is 363. The lowest BCUT2D eigenvalue weighted by Crippen LogP contribution is -2.05. The van der Waals surface area contributed by atoms with E-state index >= 15 is 0 Å². The van der Waals surface area contributed by atoms with Gasteiger partial charge in [-0.15, -0.1) is 6.58 Å². The van der Waals surface area contributed by atoms with Crippen molar-refractivity contribution in [1.82, 2.24) is 4.98 Å². The van der Waals surface area contributed by atoms with Gasteiger partial charge in [0.15, 0.2) is 0 Å². The number of nitrogens with one attached hydrogen (secondary N) is 1. The molecule has 0 atom stereocenters. The van der Waals surface area contributed by atoms with Crippen molar-refractivity contribution in [3.63, 3.8) is 0 Å². The van der Waals surface area contributed by atoms with Gasteiger partial charge in [-0.05, 0) is 25.0 Å². The summed E-state index contributed by atoms with van der Waals surface area (Å²) in [5.74, 6) is 0.661. The molecule has 0 bridgehead atoms. The standard InChI is InChI=1S/C11H13N3/c1-3-4-6-13-11-10(8-12)9(2)5-7-14-11/h3,5,7H,1,4,6H2,2H3,(H,13,14). The highest BCUT2D eigenvalue weighted by Gasteiger charge is 2.04. The smallest absolute Gasteiger partial charge is 0.144 e. The van der Waals surface area contributed by atoms with E-state index in [-0.39, 0.29) is 0 Å². The van der Waals surface area contributed by atoms with E-state index in [1.165, 1.54) is 0 Å². The molecule has 0 aromatic carbocycles. The van der Waals surface area contributed by atoms with E-state index in [2.05, 4.69) is 22.9 Å². The zero-order valence-electron chi connectivity index (χ0n) is 8.25. The van der Waals surface area contributed by atoms with E-state index in [4.69, 9.17) is 5.26 Å². The second-order valence-electron chi connectivity index (χ2n) is 2.97. The van der Waals surface area contributed by atoms with E-state index in [0.717, 1.165) is 18.5 Å². The molecule has 0 spiro atoms. The molecule has 72 valence electrons. The SMILES string of the molecule is C=CCCNc1nccc(C)c1C#N. The highest BCUT2D eigenvalue weighted by Crippen LogP contribution is 2.14. The van der Waals surface area contributed by atoms with E-state index in [1.807, 2.05) is 19.1 Å². The lowest BCUT2D eigenvalue weighted by atomic mass is 10.1. The van der Waals surface area contributed by atoms with Crippen LogP contribution in [-0.4, -0.2) is 11.5 Å². The number of rotatable bonds is 4. The fourth-order valence-electron chi connectivity index (χ4n) is 1.13. The third-order valence-corrected chi connectivity index (χ3v) is 1.91. The molecule has 0 aliphatic rings. The Labute approximate surface area is 84.1 Å². The maximum atomic E-state index is 8.91. The Morgan fingerprint density at radius 3 is 3.14 bits per heavy atom. The highest BCUT2D eigenvalue weighted by molar-refractivity contribution is 5.55. The van der Waals surface area contributed by atoms with Crippen LogP contribution >= 0.6 is 0 Å². The van der Waals surface area contributed by atoms with Crippen LogP contribution in [0.2, 0.25) is 0 Å². The van der Waals surface area contributed by atoms with Crippen molar-refractivity contribution in [2.45, 2.75) is 13.3 Å². The van der Waals surface area contributed by atoms with Crippen LogP contribution in [-0.2, 0) is 0 Å². The summed E-state index contributed by atoms with van der Waals surface area (Å²) in [4.78, 5) is 4.11. The molecule has 0 saturated carbocycles. The fourth-order valence-corrected chi connectivity index (χ4v) is 1.13. The van der Waals surface area contributed by atoms with Crippen molar-refractivity contribution in [1.29, 1.82) is 5.26 Å². The summed E-state index contributed by atoms with van der Waals surface area (Å²) in [6, 6.07) is 3.97. The zero-order chi connectivity index (χ0) is 10.4. The molecule has 0 aliphatic carbocycles. The summed E-state index contributed by atoms with van der Waals surface area (Å²) < 4.78 is 0. The van der Waals surface area contributed by atoms with Crippen LogP contribution in [0.15, 0.2) is 24.9 Å². The summed E-state index contributed by atoms with van der Waals surface area (Å²) in [5, 5.41) is 12.0. The van der Waals surface area contributed by atoms with Crippen LogP contribution < -0.4 is 5.32 Å². The molecule has 0 radical (unpaired) electrons. The van der Waals surface area contributed by atoms with Crippen LogP contribution in [0.1, 0.15) is 17.5 Å². The summed E-state index contributed by atoms with van der Waals surface area (Å²) in [6.45, 7) is 6.29. The Hall–Kier alpha value is -1.82. The van der Waals surface area contributed by atoms with Gasteiger partial charge in [-0.3, -0.25) is 0 Å². The molecule has 1 rings (SSSR count). The lowest BCUT2D eigenvalue weighted by Gasteiger charge is -2.06. The minimum absolute atomic E-state index is 0.622. The van der Waals surface area contributed by atoms with Crippen molar-refractivity contribution in [2.24, 2.45) is 0 Å². The van der Waals surface area contributed by atoms with E-state index in [9.17, 15) is 0 Å². The molecule has 1 N–H and O–H groups in total. The molecule has 1 aromatic heterocycles. The number of hydrogen-bond acceptors (Lipinski definition) is 3. The molecular formula is C11H13N3. The first-order chi connectivity index (χ1) is 6.79. The monoisotopic (exact) mass is 187 g/mol. The molecule has 0 aliphatic heterocycles. The Kier molecular flexibility index (Phi) is 3.69. The third kappa shape index (κ3) is 2.33. The van der Waals surface area contributed by atoms with Gasteiger partial charge in [0.05, 0.1) is 5.56 Å². The van der Waals surface area contributed by atoms with Gasteiger partial charge in [0, 0.05) is 12.7 Å². The van der Waals surface area contributed by atoms with Gasteiger partial charge in [-0.1, -0.05) is 6.08 Å². The molecular weight excluding hydrogens is 174 g/mol. The molecule has 1 heterocycles. The average Bonchev–Trinajstić information content (AvgIpc) is 2.18. The first-order valence-electron chi connectivity index (χ1n) is 4.50. The number of aryl methyl sites for hydroxylation is 1. The molecule has 0 amide bonds. The highest BCUT2D eigenvalue weighted by atomic mass is 15.0. The number of aromatic nitrogens is 1. The number of hydrogen-bond donors (Lipinski definition) is 1. The second kappa shape index (κ2) is 5.03. The van der Waals surface area contributed by atoms with Crippen molar-refractivity contribution in [3.8, 4) is 6.07 Å². The van der Waals surface area contributed by atoms with Crippen molar-refractivity contribution >= 4 is 5.82 Å². The first-order valence-corrected chi connectivity index (χ1v) is 4.50. The third-order valence-electron chi connectivity index (χ3n) is 1.91. The molecule has 0 fully saturated rings. The Morgan fingerprint density at radius 2 is 2.50 bits per heavy atom. The molecule has 1 aromatic rings. The van der Waals surface area contributed by atoms with Gasteiger partial charge in [0.1, 0.15) is 11.9 Å². The van der Waals surface area contributed by atoms with Crippen LogP contribution in [0.25, 0.3) is 0 Å². The Morgan fingerprint density at radius 1 is 1.71 bits per heavy atom. The fraction of sp³-hybridized carbons (Fsp3) is 0.273. The van der Waals surface area contributed by atoms with Crippen LogP contribution in [0.5, 0.6) is 0 Å². The summed E-state index contributed by atoms with van der Waals surface area (Å²) in [5.41, 5.74) is 1.57. The first kappa shape index (κ1) is 10.3. The zero-order valence-corrected chi connectivity index (χ0v) is 8.25. The van der Waals surface area contributed by atoms with E-state index in [1.54, 1.807) is 6.20 Å². The predicted octanol–water partition coefficient (Wildman–Crippen LogP) is 2.25. The number of nitriles is 1.